The number of carbonyl (C=O) groups is 1. The number of hydrogen-bond donors (Lipinski definition) is 1. The van der Waals surface area contributed by atoms with Gasteiger partial charge in [0.05, 0.1) is 18.3 Å². The van der Waals surface area contributed by atoms with Crippen LogP contribution in [-0.4, -0.2) is 53.3 Å². The predicted molar refractivity (Wildman–Crippen MR) is 117 cm³/mol. The molecule has 0 atom stereocenters. The molecule has 6 heteroatoms. The molecule has 0 unspecified atom stereocenters. The summed E-state index contributed by atoms with van der Waals surface area (Å²) in [5, 5.41) is 7.33. The van der Waals surface area contributed by atoms with Crippen molar-refractivity contribution in [3.05, 3.63) is 72.6 Å². The highest BCUT2D eigenvalue weighted by molar-refractivity contribution is 5.92. The van der Waals surface area contributed by atoms with E-state index in [9.17, 15) is 4.79 Å². The Morgan fingerprint density at radius 3 is 2.38 bits per heavy atom. The first-order chi connectivity index (χ1) is 14.2. The van der Waals surface area contributed by atoms with Gasteiger partial charge in [0.2, 0.25) is 5.91 Å². The monoisotopic (exact) mass is 389 g/mol. The van der Waals surface area contributed by atoms with E-state index >= 15 is 0 Å². The number of carbonyl (C=O) groups excluding carboxylic acids is 1. The minimum absolute atomic E-state index is 0.0399. The van der Waals surface area contributed by atoms with Crippen molar-refractivity contribution in [2.24, 2.45) is 0 Å². The van der Waals surface area contributed by atoms with Gasteiger partial charge in [0.1, 0.15) is 0 Å². The average molecular weight is 390 g/mol. The topological polar surface area (TPSA) is 53.4 Å². The van der Waals surface area contributed by atoms with Crippen molar-refractivity contribution in [2.45, 2.75) is 13.3 Å². The lowest BCUT2D eigenvalue weighted by Crippen LogP contribution is -2.46. The molecule has 29 heavy (non-hydrogen) atoms. The smallest absolute Gasteiger partial charge is 0.228 e. The van der Waals surface area contributed by atoms with Crippen LogP contribution in [-0.2, 0) is 11.2 Å². The van der Waals surface area contributed by atoms with Crippen LogP contribution in [0.5, 0.6) is 0 Å². The van der Waals surface area contributed by atoms with Gasteiger partial charge in [0, 0.05) is 43.8 Å². The third-order valence-electron chi connectivity index (χ3n) is 5.36. The first-order valence-electron chi connectivity index (χ1n) is 10.2. The number of hydrogen-bond acceptors (Lipinski definition) is 4. The molecule has 3 aromatic rings. The summed E-state index contributed by atoms with van der Waals surface area (Å²) in [6, 6.07) is 18.0. The normalized spacial score (nSPS) is 14.7. The van der Waals surface area contributed by atoms with Crippen LogP contribution < -0.4 is 10.2 Å². The first-order valence-corrected chi connectivity index (χ1v) is 10.2. The third-order valence-corrected chi connectivity index (χ3v) is 5.36. The number of anilines is 2. The number of benzene rings is 2. The fourth-order valence-corrected chi connectivity index (χ4v) is 3.64. The Labute approximate surface area is 171 Å². The molecule has 2 aromatic carbocycles. The van der Waals surface area contributed by atoms with Crippen LogP contribution >= 0.6 is 0 Å². The van der Waals surface area contributed by atoms with Crippen LogP contribution in [0.2, 0.25) is 0 Å². The van der Waals surface area contributed by atoms with Crippen molar-refractivity contribution in [3.63, 3.8) is 0 Å². The molecule has 2 heterocycles. The number of nitrogens with zero attached hydrogens (tertiary/aromatic N) is 4. The molecule has 1 N–H and O–H groups in total. The molecular weight excluding hydrogens is 362 g/mol. The van der Waals surface area contributed by atoms with Crippen molar-refractivity contribution in [1.82, 2.24) is 14.7 Å². The van der Waals surface area contributed by atoms with Crippen LogP contribution in [0.25, 0.3) is 5.69 Å². The zero-order valence-electron chi connectivity index (χ0n) is 16.8. The van der Waals surface area contributed by atoms with E-state index in [4.69, 9.17) is 0 Å². The molecule has 0 bridgehead atoms. The van der Waals surface area contributed by atoms with Gasteiger partial charge < -0.3 is 15.1 Å². The van der Waals surface area contributed by atoms with E-state index in [1.165, 1.54) is 5.69 Å². The molecule has 0 radical (unpaired) electrons. The van der Waals surface area contributed by atoms with E-state index < -0.39 is 0 Å². The van der Waals surface area contributed by atoms with Gasteiger partial charge in [0.25, 0.3) is 0 Å². The summed E-state index contributed by atoms with van der Waals surface area (Å²) < 4.78 is 1.79. The van der Waals surface area contributed by atoms with Crippen molar-refractivity contribution in [2.75, 3.05) is 42.9 Å². The van der Waals surface area contributed by atoms with Gasteiger partial charge in [-0.05, 0) is 48.5 Å². The largest absolute Gasteiger partial charge is 0.369 e. The second-order valence-corrected chi connectivity index (χ2v) is 7.32. The molecular formula is C23H27N5O. The lowest BCUT2D eigenvalue weighted by Gasteiger charge is -2.35. The number of amides is 1. The van der Waals surface area contributed by atoms with E-state index in [0.29, 0.717) is 6.42 Å². The predicted octanol–water partition coefficient (Wildman–Crippen LogP) is 3.20. The van der Waals surface area contributed by atoms with Crippen LogP contribution in [0.1, 0.15) is 12.5 Å². The Bertz CT molecular complexity index is 927. The zero-order chi connectivity index (χ0) is 20.1. The second-order valence-electron chi connectivity index (χ2n) is 7.32. The zero-order valence-corrected chi connectivity index (χ0v) is 16.8. The standard InChI is InChI=1S/C23H27N5O/c1-2-26-12-14-27(15-13-26)21-10-8-20(9-11-21)25-23(29)16-19-17-24-28(18-19)22-6-4-3-5-7-22/h3-11,17-18H,2,12-16H2,1H3,(H,25,29). The van der Waals surface area contributed by atoms with Crippen molar-refractivity contribution >= 4 is 17.3 Å². The Hall–Kier alpha value is -3.12. The van der Waals surface area contributed by atoms with Crippen LogP contribution in [0.15, 0.2) is 67.0 Å². The molecule has 6 nitrogen and oxygen atoms in total. The molecule has 1 aliphatic rings. The van der Waals surface area contributed by atoms with Gasteiger partial charge >= 0.3 is 0 Å². The number of aromatic nitrogens is 2. The van der Waals surface area contributed by atoms with E-state index in [2.05, 4.69) is 39.3 Å². The molecule has 4 rings (SSSR count). The van der Waals surface area contributed by atoms with Gasteiger partial charge in [-0.2, -0.15) is 5.10 Å². The summed E-state index contributed by atoms with van der Waals surface area (Å²) in [5.41, 5.74) is 3.90. The molecule has 1 amide bonds. The fourth-order valence-electron chi connectivity index (χ4n) is 3.64. The molecule has 1 saturated heterocycles. The SMILES string of the molecule is CCN1CCN(c2ccc(NC(=O)Cc3cnn(-c4ccccc4)c3)cc2)CC1. The summed E-state index contributed by atoms with van der Waals surface area (Å²) in [6.07, 6.45) is 3.94. The Morgan fingerprint density at radius 2 is 1.69 bits per heavy atom. The maximum absolute atomic E-state index is 12.4. The summed E-state index contributed by atoms with van der Waals surface area (Å²) >= 11 is 0. The van der Waals surface area contributed by atoms with Crippen LogP contribution in [0, 0.1) is 0 Å². The third kappa shape index (κ3) is 4.84. The molecule has 0 aliphatic carbocycles. The molecule has 150 valence electrons. The van der Waals surface area contributed by atoms with Crippen molar-refractivity contribution < 1.29 is 4.79 Å². The van der Waals surface area contributed by atoms with Crippen molar-refractivity contribution in [3.8, 4) is 5.69 Å². The van der Waals surface area contributed by atoms with Gasteiger partial charge in [-0.15, -0.1) is 0 Å². The fraction of sp³-hybridized carbons (Fsp3) is 0.304. The number of para-hydroxylation sites is 1. The minimum atomic E-state index is -0.0399. The number of piperazine rings is 1. The van der Waals surface area contributed by atoms with Crippen LogP contribution in [0.3, 0.4) is 0 Å². The minimum Gasteiger partial charge on any atom is -0.369 e. The quantitative estimate of drug-likeness (QED) is 0.703. The maximum Gasteiger partial charge on any atom is 0.228 e. The first kappa shape index (κ1) is 19.2. The van der Waals surface area contributed by atoms with Gasteiger partial charge in [0.15, 0.2) is 0 Å². The molecule has 1 aliphatic heterocycles. The molecule has 0 spiro atoms. The molecule has 0 saturated carbocycles. The molecule has 1 aromatic heterocycles. The van der Waals surface area contributed by atoms with E-state index in [0.717, 1.165) is 49.7 Å². The Morgan fingerprint density at radius 1 is 0.966 bits per heavy atom. The van der Waals surface area contributed by atoms with E-state index in [1.54, 1.807) is 10.9 Å². The second kappa shape index (κ2) is 8.92. The van der Waals surface area contributed by atoms with Crippen molar-refractivity contribution in [1.29, 1.82) is 0 Å². The number of rotatable bonds is 6. The Kier molecular flexibility index (Phi) is 5.91. The van der Waals surface area contributed by atoms with E-state index in [-0.39, 0.29) is 5.91 Å². The average Bonchev–Trinajstić information content (AvgIpc) is 3.23. The lowest BCUT2D eigenvalue weighted by atomic mass is 10.2. The summed E-state index contributed by atoms with van der Waals surface area (Å²) in [7, 11) is 0. The van der Waals surface area contributed by atoms with Gasteiger partial charge in [-0.3, -0.25) is 4.79 Å². The van der Waals surface area contributed by atoms with E-state index in [1.807, 2.05) is 48.7 Å². The Balaban J connectivity index is 1.31. The lowest BCUT2D eigenvalue weighted by molar-refractivity contribution is -0.115. The summed E-state index contributed by atoms with van der Waals surface area (Å²) in [5.74, 6) is -0.0399. The number of likely N-dealkylation sites (N-methyl/N-ethyl adjacent to an activating group) is 1. The van der Waals surface area contributed by atoms with Crippen LogP contribution in [0.4, 0.5) is 11.4 Å². The highest BCUT2D eigenvalue weighted by Gasteiger charge is 2.15. The summed E-state index contributed by atoms with van der Waals surface area (Å²) in [6.45, 7) is 7.62. The highest BCUT2D eigenvalue weighted by atomic mass is 16.1. The summed E-state index contributed by atoms with van der Waals surface area (Å²) in [4.78, 5) is 17.3. The maximum atomic E-state index is 12.4. The molecule has 1 fully saturated rings. The van der Waals surface area contributed by atoms with Gasteiger partial charge in [-0.25, -0.2) is 4.68 Å². The van der Waals surface area contributed by atoms with Gasteiger partial charge in [-0.1, -0.05) is 25.1 Å². The highest BCUT2D eigenvalue weighted by Crippen LogP contribution is 2.20. The number of nitrogens with one attached hydrogen (secondary N) is 1.